The summed E-state index contributed by atoms with van der Waals surface area (Å²) in [4.78, 5) is 8.65. The fourth-order valence-corrected chi connectivity index (χ4v) is 1.89. The molecule has 2 aromatic rings. The van der Waals surface area contributed by atoms with Crippen LogP contribution in [0.25, 0.3) is 11.5 Å². The van der Waals surface area contributed by atoms with Crippen molar-refractivity contribution in [2.24, 2.45) is 0 Å². The van der Waals surface area contributed by atoms with E-state index >= 15 is 0 Å². The molecule has 1 N–H and O–H groups in total. The maximum Gasteiger partial charge on any atom is 0.202 e. The monoisotopic (exact) mass is 234 g/mol. The second kappa shape index (κ2) is 5.03. The molecule has 0 aliphatic carbocycles. The number of pyridine rings is 1. The normalized spacial score (nSPS) is 10.4. The molecule has 0 unspecified atom stereocenters. The van der Waals surface area contributed by atoms with Gasteiger partial charge in [0, 0.05) is 24.3 Å². The van der Waals surface area contributed by atoms with E-state index < -0.39 is 0 Å². The summed E-state index contributed by atoms with van der Waals surface area (Å²) in [5, 5.41) is 4.08. The molecule has 0 aromatic carbocycles. The number of nitrogens with zero attached hydrogens (tertiary/aromatic N) is 3. The molecule has 5 heteroatoms. The highest BCUT2D eigenvalue weighted by molar-refractivity contribution is 7.09. The van der Waals surface area contributed by atoms with E-state index in [1.54, 1.807) is 6.20 Å². The standard InChI is InChI=1S/C11H14N4S/c1-3-5-13-11-14-10(15-16-11)9-7-8(2)4-6-12-9/h4,6-7H,3,5H2,1-2H3,(H,13,14,15). The van der Waals surface area contributed by atoms with Crippen LogP contribution in [0.15, 0.2) is 18.3 Å². The molecule has 0 aliphatic heterocycles. The van der Waals surface area contributed by atoms with Crippen LogP contribution in [0.5, 0.6) is 0 Å². The van der Waals surface area contributed by atoms with Crippen molar-refractivity contribution < 1.29 is 0 Å². The average molecular weight is 234 g/mol. The molecule has 0 aliphatic rings. The van der Waals surface area contributed by atoms with Crippen LogP contribution >= 0.6 is 11.5 Å². The zero-order valence-electron chi connectivity index (χ0n) is 9.40. The van der Waals surface area contributed by atoms with Crippen LogP contribution < -0.4 is 5.32 Å². The summed E-state index contributed by atoms with van der Waals surface area (Å²) in [5.74, 6) is 0.701. The van der Waals surface area contributed by atoms with Gasteiger partial charge in [-0.2, -0.15) is 9.36 Å². The third-order valence-corrected chi connectivity index (χ3v) is 2.77. The molecule has 2 aromatic heterocycles. The predicted octanol–water partition coefficient (Wildman–Crippen LogP) is 2.73. The summed E-state index contributed by atoms with van der Waals surface area (Å²) in [5.41, 5.74) is 2.00. The smallest absolute Gasteiger partial charge is 0.202 e. The van der Waals surface area contributed by atoms with Crippen LogP contribution in [0.3, 0.4) is 0 Å². The van der Waals surface area contributed by atoms with Gasteiger partial charge >= 0.3 is 0 Å². The second-order valence-electron chi connectivity index (χ2n) is 3.57. The highest BCUT2D eigenvalue weighted by atomic mass is 32.1. The van der Waals surface area contributed by atoms with Crippen molar-refractivity contribution in [3.05, 3.63) is 23.9 Å². The van der Waals surface area contributed by atoms with Crippen molar-refractivity contribution in [3.8, 4) is 11.5 Å². The summed E-state index contributed by atoms with van der Waals surface area (Å²) in [6.07, 6.45) is 2.86. The predicted molar refractivity (Wildman–Crippen MR) is 66.7 cm³/mol. The van der Waals surface area contributed by atoms with Crippen LogP contribution in [0, 0.1) is 6.92 Å². The van der Waals surface area contributed by atoms with Gasteiger partial charge in [0.05, 0.1) is 0 Å². The van der Waals surface area contributed by atoms with Crippen LogP contribution in [0.4, 0.5) is 5.13 Å². The minimum absolute atomic E-state index is 0.701. The zero-order valence-corrected chi connectivity index (χ0v) is 10.2. The number of aryl methyl sites for hydroxylation is 1. The van der Waals surface area contributed by atoms with E-state index in [2.05, 4.69) is 26.6 Å². The fourth-order valence-electron chi connectivity index (χ4n) is 1.29. The van der Waals surface area contributed by atoms with Crippen LogP contribution in [0.2, 0.25) is 0 Å². The molecular formula is C11H14N4S. The van der Waals surface area contributed by atoms with Crippen LogP contribution in [-0.4, -0.2) is 20.9 Å². The average Bonchev–Trinajstić information content (AvgIpc) is 2.75. The van der Waals surface area contributed by atoms with Crippen LogP contribution in [0.1, 0.15) is 18.9 Å². The molecule has 0 radical (unpaired) electrons. The highest BCUT2D eigenvalue weighted by Crippen LogP contribution is 2.19. The molecule has 0 atom stereocenters. The number of hydrogen-bond acceptors (Lipinski definition) is 5. The lowest BCUT2D eigenvalue weighted by Crippen LogP contribution is -1.98. The Morgan fingerprint density at radius 1 is 1.44 bits per heavy atom. The number of aromatic nitrogens is 3. The molecule has 0 fully saturated rings. The minimum atomic E-state index is 0.701. The van der Waals surface area contributed by atoms with Gasteiger partial charge in [-0.15, -0.1) is 0 Å². The largest absolute Gasteiger partial charge is 0.360 e. The number of nitrogens with one attached hydrogen (secondary N) is 1. The Kier molecular flexibility index (Phi) is 3.46. The molecule has 16 heavy (non-hydrogen) atoms. The third kappa shape index (κ3) is 2.55. The van der Waals surface area contributed by atoms with Gasteiger partial charge in [0.1, 0.15) is 5.69 Å². The Morgan fingerprint density at radius 3 is 3.06 bits per heavy atom. The highest BCUT2D eigenvalue weighted by Gasteiger charge is 2.06. The first kappa shape index (κ1) is 11.0. The van der Waals surface area contributed by atoms with Gasteiger partial charge in [0.15, 0.2) is 5.82 Å². The maximum absolute atomic E-state index is 4.39. The number of hydrogen-bond donors (Lipinski definition) is 1. The summed E-state index contributed by atoms with van der Waals surface area (Å²) >= 11 is 1.38. The first-order chi connectivity index (χ1) is 7.79. The van der Waals surface area contributed by atoms with Gasteiger partial charge in [-0.3, -0.25) is 4.98 Å². The molecule has 2 heterocycles. The third-order valence-electron chi connectivity index (χ3n) is 2.10. The summed E-state index contributed by atoms with van der Waals surface area (Å²) < 4.78 is 4.29. The van der Waals surface area contributed by atoms with Gasteiger partial charge in [-0.05, 0) is 31.0 Å². The first-order valence-corrected chi connectivity index (χ1v) is 6.07. The Hall–Kier alpha value is -1.49. The SMILES string of the molecule is CCCNc1nc(-c2cc(C)ccn2)ns1. The van der Waals surface area contributed by atoms with E-state index in [1.807, 2.05) is 19.1 Å². The Bertz CT molecular complexity index is 467. The van der Waals surface area contributed by atoms with E-state index in [1.165, 1.54) is 17.1 Å². The topological polar surface area (TPSA) is 50.7 Å². The van der Waals surface area contributed by atoms with Crippen LogP contribution in [-0.2, 0) is 0 Å². The van der Waals surface area contributed by atoms with Crippen molar-refractivity contribution in [2.75, 3.05) is 11.9 Å². The van der Waals surface area contributed by atoms with Gasteiger partial charge in [0.25, 0.3) is 0 Å². The van der Waals surface area contributed by atoms with E-state index in [4.69, 9.17) is 0 Å². The molecule has 0 bridgehead atoms. The lowest BCUT2D eigenvalue weighted by Gasteiger charge is -1.97. The molecule has 4 nitrogen and oxygen atoms in total. The summed E-state index contributed by atoms with van der Waals surface area (Å²) in [6.45, 7) is 5.08. The van der Waals surface area contributed by atoms with Crippen molar-refractivity contribution in [2.45, 2.75) is 20.3 Å². The van der Waals surface area contributed by atoms with E-state index in [9.17, 15) is 0 Å². The number of rotatable bonds is 4. The first-order valence-electron chi connectivity index (χ1n) is 5.30. The lowest BCUT2D eigenvalue weighted by atomic mass is 10.2. The molecule has 0 spiro atoms. The minimum Gasteiger partial charge on any atom is -0.360 e. The fraction of sp³-hybridized carbons (Fsp3) is 0.364. The van der Waals surface area contributed by atoms with E-state index in [0.29, 0.717) is 5.82 Å². The Balaban J connectivity index is 2.18. The maximum atomic E-state index is 4.39. The van der Waals surface area contributed by atoms with Gasteiger partial charge in [-0.25, -0.2) is 0 Å². The van der Waals surface area contributed by atoms with Crippen molar-refractivity contribution in [1.29, 1.82) is 0 Å². The summed E-state index contributed by atoms with van der Waals surface area (Å²) in [7, 11) is 0. The van der Waals surface area contributed by atoms with E-state index in [-0.39, 0.29) is 0 Å². The molecular weight excluding hydrogens is 220 g/mol. The number of anilines is 1. The van der Waals surface area contributed by atoms with E-state index in [0.717, 1.165) is 23.8 Å². The van der Waals surface area contributed by atoms with Crippen molar-refractivity contribution in [3.63, 3.8) is 0 Å². The van der Waals surface area contributed by atoms with Crippen molar-refractivity contribution >= 4 is 16.7 Å². The lowest BCUT2D eigenvalue weighted by molar-refractivity contribution is 0.976. The molecule has 0 saturated heterocycles. The quantitative estimate of drug-likeness (QED) is 0.883. The molecule has 0 amide bonds. The second-order valence-corrected chi connectivity index (χ2v) is 4.32. The molecule has 84 valence electrons. The zero-order chi connectivity index (χ0) is 11.4. The Labute approximate surface area is 98.9 Å². The Morgan fingerprint density at radius 2 is 2.31 bits per heavy atom. The van der Waals surface area contributed by atoms with Gasteiger partial charge in [-0.1, -0.05) is 6.92 Å². The summed E-state index contributed by atoms with van der Waals surface area (Å²) in [6, 6.07) is 3.96. The van der Waals surface area contributed by atoms with Gasteiger partial charge < -0.3 is 5.32 Å². The van der Waals surface area contributed by atoms with Crippen molar-refractivity contribution in [1.82, 2.24) is 14.3 Å². The molecule has 0 saturated carbocycles. The van der Waals surface area contributed by atoms with Gasteiger partial charge in [0.2, 0.25) is 5.13 Å². The molecule has 2 rings (SSSR count).